The van der Waals surface area contributed by atoms with E-state index in [0.717, 1.165) is 44.0 Å². The smallest absolute Gasteiger partial charge is 0.231 e. The number of hydrogen-bond donors (Lipinski definition) is 0. The molecule has 4 nitrogen and oxygen atoms in total. The molecule has 4 rings (SSSR count). The lowest BCUT2D eigenvalue weighted by atomic mass is 10.1. The van der Waals surface area contributed by atoms with Crippen LogP contribution >= 0.6 is 11.3 Å². The summed E-state index contributed by atoms with van der Waals surface area (Å²) >= 11 is 1.59. The van der Waals surface area contributed by atoms with Gasteiger partial charge in [0.15, 0.2) is 0 Å². The molecule has 26 heavy (non-hydrogen) atoms. The highest BCUT2D eigenvalue weighted by molar-refractivity contribution is 7.17. The monoisotopic (exact) mass is 362 g/mol. The van der Waals surface area contributed by atoms with Crippen LogP contribution in [0.3, 0.4) is 0 Å². The maximum atomic E-state index is 6.20. The van der Waals surface area contributed by atoms with E-state index in [2.05, 4.69) is 34.4 Å². The normalized spacial score (nSPS) is 10.9. The quantitative estimate of drug-likeness (QED) is 0.462. The molecule has 2 aromatic heterocycles. The van der Waals surface area contributed by atoms with Gasteiger partial charge in [-0.25, -0.2) is 9.97 Å². The van der Waals surface area contributed by atoms with E-state index in [1.54, 1.807) is 24.8 Å². The van der Waals surface area contributed by atoms with Gasteiger partial charge in [-0.15, -0.1) is 11.3 Å². The zero-order valence-corrected chi connectivity index (χ0v) is 15.6. The first-order chi connectivity index (χ1) is 12.7. The number of hydrogen-bond acceptors (Lipinski definition) is 5. The van der Waals surface area contributed by atoms with E-state index in [9.17, 15) is 0 Å². The molecule has 0 atom stereocenters. The summed E-state index contributed by atoms with van der Waals surface area (Å²) in [6.07, 6.45) is 1.55. The van der Waals surface area contributed by atoms with Gasteiger partial charge in [-0.3, -0.25) is 0 Å². The van der Waals surface area contributed by atoms with Gasteiger partial charge in [0.1, 0.15) is 22.7 Å². The lowest BCUT2D eigenvalue weighted by Gasteiger charge is -2.10. The molecule has 0 bridgehead atoms. The molecule has 0 aliphatic rings. The summed E-state index contributed by atoms with van der Waals surface area (Å²) in [7, 11) is 1.67. The molecule has 0 saturated carbocycles. The van der Waals surface area contributed by atoms with Crippen molar-refractivity contribution in [1.82, 2.24) is 9.97 Å². The largest absolute Gasteiger partial charge is 0.497 e. The van der Waals surface area contributed by atoms with E-state index < -0.39 is 0 Å². The molecule has 4 aromatic rings. The SMILES string of the molecule is COc1ccc(-c2csc3ncnc(Oc4cc(C)ccc4C)c23)cc1. The number of methoxy groups -OCH3 is 1. The number of ether oxygens (including phenoxy) is 2. The van der Waals surface area contributed by atoms with Crippen LogP contribution in [0.15, 0.2) is 54.2 Å². The van der Waals surface area contributed by atoms with Crippen LogP contribution in [0.2, 0.25) is 0 Å². The van der Waals surface area contributed by atoms with E-state index in [-0.39, 0.29) is 0 Å². The summed E-state index contributed by atoms with van der Waals surface area (Å²) in [5.74, 6) is 2.23. The second kappa shape index (κ2) is 6.77. The maximum absolute atomic E-state index is 6.20. The zero-order chi connectivity index (χ0) is 18.1. The van der Waals surface area contributed by atoms with Gasteiger partial charge in [0.05, 0.1) is 12.5 Å². The van der Waals surface area contributed by atoms with Crippen molar-refractivity contribution in [2.75, 3.05) is 7.11 Å². The third kappa shape index (κ3) is 3.02. The molecule has 0 radical (unpaired) electrons. The Labute approximate surface area is 156 Å². The van der Waals surface area contributed by atoms with Crippen LogP contribution in [0.1, 0.15) is 11.1 Å². The zero-order valence-electron chi connectivity index (χ0n) is 14.8. The second-order valence-corrected chi connectivity index (χ2v) is 6.97. The van der Waals surface area contributed by atoms with Gasteiger partial charge in [-0.05, 0) is 48.7 Å². The Bertz CT molecular complexity index is 1070. The summed E-state index contributed by atoms with van der Waals surface area (Å²) in [5.41, 5.74) is 4.37. The number of fused-ring (bicyclic) bond motifs is 1. The molecule has 5 heteroatoms. The molecule has 2 aromatic carbocycles. The summed E-state index contributed by atoms with van der Waals surface area (Å²) in [6, 6.07) is 14.1. The van der Waals surface area contributed by atoms with Gasteiger partial charge in [0.2, 0.25) is 5.88 Å². The summed E-state index contributed by atoms with van der Waals surface area (Å²) in [5, 5.41) is 3.03. The lowest BCUT2D eigenvalue weighted by molar-refractivity contribution is 0.415. The first kappa shape index (κ1) is 16.5. The fourth-order valence-corrected chi connectivity index (χ4v) is 3.74. The van der Waals surface area contributed by atoms with Crippen LogP contribution in [-0.4, -0.2) is 17.1 Å². The third-order valence-electron chi connectivity index (χ3n) is 4.29. The van der Waals surface area contributed by atoms with Crippen molar-refractivity contribution in [3.05, 3.63) is 65.3 Å². The lowest BCUT2D eigenvalue weighted by Crippen LogP contribution is -1.93. The first-order valence-electron chi connectivity index (χ1n) is 8.27. The Morgan fingerprint density at radius 3 is 2.54 bits per heavy atom. The molecule has 2 heterocycles. The third-order valence-corrected chi connectivity index (χ3v) is 5.17. The summed E-state index contributed by atoms with van der Waals surface area (Å²) < 4.78 is 11.5. The molecule has 0 amide bonds. The van der Waals surface area contributed by atoms with E-state index in [0.29, 0.717) is 5.88 Å². The molecule has 0 N–H and O–H groups in total. The van der Waals surface area contributed by atoms with Gasteiger partial charge in [0.25, 0.3) is 0 Å². The fourth-order valence-electron chi connectivity index (χ4n) is 2.83. The van der Waals surface area contributed by atoms with Gasteiger partial charge in [-0.2, -0.15) is 0 Å². The topological polar surface area (TPSA) is 44.2 Å². The Kier molecular flexibility index (Phi) is 4.31. The molecule has 0 aliphatic carbocycles. The number of nitrogens with zero attached hydrogens (tertiary/aromatic N) is 2. The Morgan fingerprint density at radius 1 is 0.962 bits per heavy atom. The average Bonchev–Trinajstić information content (AvgIpc) is 3.10. The van der Waals surface area contributed by atoms with E-state index in [4.69, 9.17) is 9.47 Å². The minimum atomic E-state index is 0.579. The van der Waals surface area contributed by atoms with E-state index >= 15 is 0 Å². The van der Waals surface area contributed by atoms with Crippen molar-refractivity contribution < 1.29 is 9.47 Å². The minimum absolute atomic E-state index is 0.579. The van der Waals surface area contributed by atoms with Crippen LogP contribution in [0.4, 0.5) is 0 Å². The van der Waals surface area contributed by atoms with Crippen molar-refractivity contribution in [2.45, 2.75) is 13.8 Å². The number of aromatic nitrogens is 2. The van der Waals surface area contributed by atoms with Crippen LogP contribution < -0.4 is 9.47 Å². The fraction of sp³-hybridized carbons (Fsp3) is 0.143. The molecule has 0 unspecified atom stereocenters. The maximum Gasteiger partial charge on any atom is 0.231 e. The predicted molar refractivity (Wildman–Crippen MR) is 105 cm³/mol. The van der Waals surface area contributed by atoms with Crippen molar-refractivity contribution in [3.8, 4) is 28.5 Å². The average molecular weight is 362 g/mol. The first-order valence-corrected chi connectivity index (χ1v) is 9.15. The highest BCUT2D eigenvalue weighted by Gasteiger charge is 2.15. The predicted octanol–water partition coefficient (Wildman–Crippen LogP) is 5.78. The standard InChI is InChI=1S/C21H18N2O2S/c1-13-4-5-14(2)18(10-13)25-20-19-17(11-26-21(19)23-12-22-20)15-6-8-16(24-3)9-7-15/h4-12H,1-3H3. The van der Waals surface area contributed by atoms with Gasteiger partial charge in [-0.1, -0.05) is 24.3 Å². The Morgan fingerprint density at radius 2 is 1.77 bits per heavy atom. The van der Waals surface area contributed by atoms with Gasteiger partial charge in [0, 0.05) is 10.9 Å². The highest BCUT2D eigenvalue weighted by Crippen LogP contribution is 2.39. The van der Waals surface area contributed by atoms with Gasteiger partial charge < -0.3 is 9.47 Å². The number of thiophene rings is 1. The van der Waals surface area contributed by atoms with Crippen LogP contribution in [0, 0.1) is 13.8 Å². The van der Waals surface area contributed by atoms with Crippen molar-refractivity contribution >= 4 is 21.6 Å². The van der Waals surface area contributed by atoms with E-state index in [1.165, 1.54) is 0 Å². The van der Waals surface area contributed by atoms with E-state index in [1.807, 2.05) is 37.3 Å². The molecule has 130 valence electrons. The van der Waals surface area contributed by atoms with Crippen LogP contribution in [0.5, 0.6) is 17.4 Å². The summed E-state index contributed by atoms with van der Waals surface area (Å²) in [6.45, 7) is 4.08. The Balaban J connectivity index is 1.82. The molecule has 0 spiro atoms. The summed E-state index contributed by atoms with van der Waals surface area (Å²) in [4.78, 5) is 9.73. The Hall–Kier alpha value is -2.92. The van der Waals surface area contributed by atoms with Gasteiger partial charge >= 0.3 is 0 Å². The van der Waals surface area contributed by atoms with Crippen molar-refractivity contribution in [1.29, 1.82) is 0 Å². The van der Waals surface area contributed by atoms with Crippen molar-refractivity contribution in [2.24, 2.45) is 0 Å². The van der Waals surface area contributed by atoms with Crippen molar-refractivity contribution in [3.63, 3.8) is 0 Å². The van der Waals surface area contributed by atoms with Crippen LogP contribution in [-0.2, 0) is 0 Å². The second-order valence-electron chi connectivity index (χ2n) is 6.11. The molecular weight excluding hydrogens is 344 g/mol. The minimum Gasteiger partial charge on any atom is -0.497 e. The molecule has 0 saturated heterocycles. The number of rotatable bonds is 4. The highest BCUT2D eigenvalue weighted by atomic mass is 32.1. The number of aryl methyl sites for hydroxylation is 2. The molecular formula is C21H18N2O2S. The number of benzene rings is 2. The van der Waals surface area contributed by atoms with Crippen LogP contribution in [0.25, 0.3) is 21.3 Å². The molecule has 0 fully saturated rings. The molecule has 0 aliphatic heterocycles.